The van der Waals surface area contributed by atoms with E-state index < -0.39 is 41.0 Å². The third-order valence-electron chi connectivity index (χ3n) is 7.06. The van der Waals surface area contributed by atoms with Crippen molar-refractivity contribution in [3.63, 3.8) is 0 Å². The van der Waals surface area contributed by atoms with Crippen molar-refractivity contribution in [3.8, 4) is 0 Å². The molecular formula is C29H30N2O8. The molecule has 0 radical (unpaired) electrons. The van der Waals surface area contributed by atoms with E-state index in [9.17, 15) is 28.8 Å². The van der Waals surface area contributed by atoms with Gasteiger partial charge in [0.05, 0.1) is 35.5 Å². The minimum Gasteiger partial charge on any atom is -0.465 e. The summed E-state index contributed by atoms with van der Waals surface area (Å²) in [6.45, 7) is 3.26. The first-order valence-electron chi connectivity index (χ1n) is 13.0. The van der Waals surface area contributed by atoms with Crippen LogP contribution in [0.4, 0.5) is 0 Å². The second-order valence-corrected chi connectivity index (χ2v) is 9.35. The zero-order chi connectivity index (χ0) is 28.2. The van der Waals surface area contributed by atoms with E-state index in [1.54, 1.807) is 62.4 Å². The number of hydrogen-bond acceptors (Lipinski definition) is 8. The van der Waals surface area contributed by atoms with Crippen LogP contribution in [0.15, 0.2) is 48.5 Å². The molecule has 0 aliphatic carbocycles. The van der Waals surface area contributed by atoms with Crippen molar-refractivity contribution in [1.82, 2.24) is 9.80 Å². The Morgan fingerprint density at radius 2 is 0.923 bits per heavy atom. The lowest BCUT2D eigenvalue weighted by Gasteiger charge is -2.30. The second kappa shape index (κ2) is 11.6. The van der Waals surface area contributed by atoms with Crippen LogP contribution in [-0.4, -0.2) is 71.7 Å². The molecule has 2 heterocycles. The lowest BCUT2D eigenvalue weighted by atomic mass is 9.78. The average molecular weight is 535 g/mol. The number of imide groups is 2. The molecule has 0 N–H and O–H groups in total. The van der Waals surface area contributed by atoms with E-state index >= 15 is 0 Å². The largest absolute Gasteiger partial charge is 0.465 e. The number of carbonyl (C=O) groups excluding carboxylic acids is 6. The number of rotatable bonds is 12. The van der Waals surface area contributed by atoms with E-state index in [0.29, 0.717) is 22.3 Å². The third kappa shape index (κ3) is 5.06. The minimum atomic E-state index is -1.73. The Bertz CT molecular complexity index is 1160. The Morgan fingerprint density at radius 1 is 0.615 bits per heavy atom. The number of nitrogens with zero attached hydrogens (tertiary/aromatic N) is 2. The van der Waals surface area contributed by atoms with Crippen molar-refractivity contribution in [2.45, 2.75) is 39.5 Å². The van der Waals surface area contributed by atoms with Crippen molar-refractivity contribution < 1.29 is 38.2 Å². The first kappa shape index (κ1) is 27.7. The highest BCUT2D eigenvalue weighted by molar-refractivity contribution is 6.22. The van der Waals surface area contributed by atoms with Gasteiger partial charge in [0.2, 0.25) is 0 Å². The van der Waals surface area contributed by atoms with Crippen LogP contribution in [-0.2, 0) is 19.1 Å². The van der Waals surface area contributed by atoms with Gasteiger partial charge in [-0.3, -0.25) is 38.6 Å². The van der Waals surface area contributed by atoms with Crippen LogP contribution in [0.5, 0.6) is 0 Å². The summed E-state index contributed by atoms with van der Waals surface area (Å²) >= 11 is 0. The van der Waals surface area contributed by atoms with Crippen LogP contribution in [0, 0.1) is 5.41 Å². The Morgan fingerprint density at radius 3 is 1.21 bits per heavy atom. The monoisotopic (exact) mass is 534 g/mol. The van der Waals surface area contributed by atoms with Crippen LogP contribution < -0.4 is 0 Å². The van der Waals surface area contributed by atoms with Crippen LogP contribution in [0.25, 0.3) is 0 Å². The highest BCUT2D eigenvalue weighted by Gasteiger charge is 2.49. The fourth-order valence-electron chi connectivity index (χ4n) is 5.12. The van der Waals surface area contributed by atoms with Gasteiger partial charge in [0, 0.05) is 13.1 Å². The molecule has 2 aromatic rings. The predicted molar refractivity (Wildman–Crippen MR) is 138 cm³/mol. The Kier molecular flexibility index (Phi) is 8.23. The van der Waals surface area contributed by atoms with E-state index in [4.69, 9.17) is 9.47 Å². The molecule has 0 aromatic heterocycles. The molecule has 2 aliphatic rings. The molecular weight excluding hydrogens is 504 g/mol. The Labute approximate surface area is 225 Å². The SMILES string of the molecule is CCOC(=O)C(CCCN1C(=O)c2ccccc2C1=O)(CCCN1C(=O)c2ccccc2C1=O)C(=O)OCC. The standard InChI is InChI=1S/C29H30N2O8/c1-3-38-27(36)29(28(37)39-4-2,15-9-17-30-23(32)19-11-5-6-12-20(19)24(30)33)16-10-18-31-25(34)21-13-7-8-14-22(21)26(31)35/h5-8,11-14H,3-4,9-10,15-18H2,1-2H3. The molecule has 0 saturated heterocycles. The number of ether oxygens (including phenoxy) is 2. The summed E-state index contributed by atoms with van der Waals surface area (Å²) in [5.74, 6) is -3.29. The molecule has 0 saturated carbocycles. The van der Waals surface area contributed by atoms with Gasteiger partial charge in [0.25, 0.3) is 23.6 Å². The van der Waals surface area contributed by atoms with Gasteiger partial charge in [-0.2, -0.15) is 0 Å². The quantitative estimate of drug-likeness (QED) is 0.231. The molecule has 0 unspecified atom stereocenters. The molecule has 10 heteroatoms. The van der Waals surface area contributed by atoms with E-state index in [2.05, 4.69) is 0 Å². The first-order valence-corrected chi connectivity index (χ1v) is 13.0. The van der Waals surface area contributed by atoms with Crippen molar-refractivity contribution in [2.24, 2.45) is 5.41 Å². The van der Waals surface area contributed by atoms with Gasteiger partial charge in [-0.1, -0.05) is 24.3 Å². The van der Waals surface area contributed by atoms with Gasteiger partial charge >= 0.3 is 11.9 Å². The van der Waals surface area contributed by atoms with Crippen molar-refractivity contribution in [3.05, 3.63) is 70.8 Å². The number of esters is 2. The molecule has 0 spiro atoms. The molecule has 39 heavy (non-hydrogen) atoms. The Balaban J connectivity index is 1.49. The van der Waals surface area contributed by atoms with E-state index in [-0.39, 0.29) is 52.0 Å². The topological polar surface area (TPSA) is 127 Å². The van der Waals surface area contributed by atoms with E-state index in [0.717, 1.165) is 9.80 Å². The number of amides is 4. The lowest BCUT2D eigenvalue weighted by molar-refractivity contribution is -0.173. The third-order valence-corrected chi connectivity index (χ3v) is 7.06. The van der Waals surface area contributed by atoms with Crippen LogP contribution in [0.3, 0.4) is 0 Å². The van der Waals surface area contributed by atoms with Crippen molar-refractivity contribution >= 4 is 35.6 Å². The van der Waals surface area contributed by atoms with E-state index in [1.807, 2.05) is 0 Å². The summed E-state index contributed by atoms with van der Waals surface area (Å²) in [6, 6.07) is 13.0. The summed E-state index contributed by atoms with van der Waals surface area (Å²) in [7, 11) is 0. The number of fused-ring (bicyclic) bond motifs is 2. The molecule has 0 bridgehead atoms. The highest BCUT2D eigenvalue weighted by Crippen LogP contribution is 2.35. The minimum absolute atomic E-state index is 0.00862. The van der Waals surface area contributed by atoms with Gasteiger partial charge in [-0.05, 0) is 63.8 Å². The maximum absolute atomic E-state index is 13.2. The zero-order valence-electron chi connectivity index (χ0n) is 21.9. The predicted octanol–water partition coefficient (Wildman–Crippen LogP) is 3.25. The van der Waals surface area contributed by atoms with Gasteiger partial charge in [-0.15, -0.1) is 0 Å². The summed E-state index contributed by atoms with van der Waals surface area (Å²) in [5.41, 5.74) is -0.490. The molecule has 2 aromatic carbocycles. The summed E-state index contributed by atoms with van der Waals surface area (Å²) < 4.78 is 10.5. The molecule has 4 amide bonds. The molecule has 0 fully saturated rings. The highest BCUT2D eigenvalue weighted by atomic mass is 16.6. The summed E-state index contributed by atoms with van der Waals surface area (Å²) in [5, 5.41) is 0. The number of hydrogen-bond donors (Lipinski definition) is 0. The summed E-state index contributed by atoms with van der Waals surface area (Å²) in [6.07, 6.45) is 0.159. The maximum atomic E-state index is 13.2. The summed E-state index contributed by atoms with van der Waals surface area (Å²) in [4.78, 5) is 79.7. The van der Waals surface area contributed by atoms with Crippen LogP contribution in [0.2, 0.25) is 0 Å². The normalized spacial score (nSPS) is 14.5. The molecule has 204 valence electrons. The zero-order valence-corrected chi connectivity index (χ0v) is 21.9. The van der Waals surface area contributed by atoms with E-state index in [1.165, 1.54) is 0 Å². The fourth-order valence-corrected chi connectivity index (χ4v) is 5.12. The number of benzene rings is 2. The lowest BCUT2D eigenvalue weighted by Crippen LogP contribution is -2.44. The number of carbonyl (C=O) groups is 6. The molecule has 10 nitrogen and oxygen atoms in total. The van der Waals surface area contributed by atoms with Gasteiger partial charge in [0.15, 0.2) is 5.41 Å². The van der Waals surface area contributed by atoms with Gasteiger partial charge < -0.3 is 9.47 Å². The smallest absolute Gasteiger partial charge is 0.323 e. The Hall–Kier alpha value is -4.34. The van der Waals surface area contributed by atoms with Gasteiger partial charge in [-0.25, -0.2) is 0 Å². The molecule has 0 atom stereocenters. The molecule has 2 aliphatic heterocycles. The maximum Gasteiger partial charge on any atom is 0.323 e. The van der Waals surface area contributed by atoms with Gasteiger partial charge in [0.1, 0.15) is 0 Å². The second-order valence-electron chi connectivity index (χ2n) is 9.35. The average Bonchev–Trinajstić information content (AvgIpc) is 3.33. The van der Waals surface area contributed by atoms with Crippen LogP contribution in [0.1, 0.15) is 81.0 Å². The van der Waals surface area contributed by atoms with Crippen molar-refractivity contribution in [1.29, 1.82) is 0 Å². The van der Waals surface area contributed by atoms with Crippen LogP contribution >= 0.6 is 0 Å². The fraction of sp³-hybridized carbons (Fsp3) is 0.379. The first-order chi connectivity index (χ1) is 18.8. The van der Waals surface area contributed by atoms with Crippen molar-refractivity contribution in [2.75, 3.05) is 26.3 Å². The molecule has 4 rings (SSSR count).